The molecule has 0 aliphatic rings. The van der Waals surface area contributed by atoms with Gasteiger partial charge in [0.15, 0.2) is 0 Å². The van der Waals surface area contributed by atoms with Crippen LogP contribution in [0.1, 0.15) is 41.4 Å². The Hall–Kier alpha value is -1.77. The van der Waals surface area contributed by atoms with Gasteiger partial charge in [-0.25, -0.2) is 4.79 Å². The quantitative estimate of drug-likeness (QED) is 0.810. The van der Waals surface area contributed by atoms with Gasteiger partial charge in [-0.15, -0.1) is 0 Å². The molecule has 0 spiro atoms. The van der Waals surface area contributed by atoms with Gasteiger partial charge < -0.3 is 10.1 Å². The minimum Gasteiger partial charge on any atom is -0.478 e. The first-order chi connectivity index (χ1) is 7.52. The van der Waals surface area contributed by atoms with E-state index in [9.17, 15) is 4.79 Å². The Morgan fingerprint density at radius 3 is 2.62 bits per heavy atom. The monoisotopic (exact) mass is 217 g/mol. The highest BCUT2D eigenvalue weighted by Crippen LogP contribution is 2.28. The van der Waals surface area contributed by atoms with Gasteiger partial charge in [0.05, 0.1) is 11.1 Å². The number of hydrogen-bond donors (Lipinski definition) is 2. The van der Waals surface area contributed by atoms with Crippen molar-refractivity contribution in [1.29, 1.82) is 0 Å². The molecule has 0 atom stereocenters. The summed E-state index contributed by atoms with van der Waals surface area (Å²) in [6.45, 7) is 6.22. The summed E-state index contributed by atoms with van der Waals surface area (Å²) in [7, 11) is 0. The molecule has 1 heterocycles. The van der Waals surface area contributed by atoms with Crippen molar-refractivity contribution in [1.82, 2.24) is 4.98 Å². The topological polar surface area (TPSA) is 53.1 Å². The van der Waals surface area contributed by atoms with Crippen LogP contribution in [0.4, 0.5) is 0 Å². The van der Waals surface area contributed by atoms with Crippen LogP contribution in [0, 0.1) is 6.92 Å². The molecule has 3 heteroatoms. The molecular weight excluding hydrogens is 202 g/mol. The highest BCUT2D eigenvalue weighted by molar-refractivity contribution is 6.03. The van der Waals surface area contributed by atoms with Crippen molar-refractivity contribution in [3.8, 4) is 0 Å². The smallest absolute Gasteiger partial charge is 0.337 e. The molecule has 0 bridgehead atoms. The van der Waals surface area contributed by atoms with E-state index in [4.69, 9.17) is 5.11 Å². The lowest BCUT2D eigenvalue weighted by Crippen LogP contribution is -1.97. The number of nitrogens with one attached hydrogen (secondary N) is 1. The molecule has 0 radical (unpaired) electrons. The van der Waals surface area contributed by atoms with Gasteiger partial charge in [-0.1, -0.05) is 26.0 Å². The zero-order valence-corrected chi connectivity index (χ0v) is 9.66. The number of aromatic carboxylic acids is 1. The molecule has 2 aromatic rings. The van der Waals surface area contributed by atoms with E-state index in [2.05, 4.69) is 18.8 Å². The molecule has 0 aliphatic heterocycles. The van der Waals surface area contributed by atoms with E-state index >= 15 is 0 Å². The molecule has 2 rings (SSSR count). The maximum absolute atomic E-state index is 11.1. The number of aryl methyl sites for hydroxylation is 1. The van der Waals surface area contributed by atoms with Crippen LogP contribution < -0.4 is 0 Å². The normalized spacial score (nSPS) is 11.2. The molecule has 0 saturated heterocycles. The Bertz CT molecular complexity index is 552. The van der Waals surface area contributed by atoms with Gasteiger partial charge in [-0.05, 0) is 24.5 Å². The fourth-order valence-corrected chi connectivity index (χ4v) is 2.13. The molecule has 1 aromatic carbocycles. The summed E-state index contributed by atoms with van der Waals surface area (Å²) in [4.78, 5) is 14.3. The molecule has 1 aromatic heterocycles. The summed E-state index contributed by atoms with van der Waals surface area (Å²) < 4.78 is 0. The first-order valence-electron chi connectivity index (χ1n) is 5.37. The highest BCUT2D eigenvalue weighted by atomic mass is 16.4. The molecule has 0 aliphatic carbocycles. The largest absolute Gasteiger partial charge is 0.478 e. The summed E-state index contributed by atoms with van der Waals surface area (Å²) in [5.74, 6) is -0.517. The van der Waals surface area contributed by atoms with Crippen LogP contribution in [0.2, 0.25) is 0 Å². The second-order valence-electron chi connectivity index (χ2n) is 4.35. The number of H-pyrrole nitrogens is 1. The summed E-state index contributed by atoms with van der Waals surface area (Å²) in [5, 5.41) is 10.1. The highest BCUT2D eigenvalue weighted by Gasteiger charge is 2.15. The Labute approximate surface area is 94.1 Å². The predicted octanol–water partition coefficient (Wildman–Crippen LogP) is 3.30. The standard InChI is InChI=1S/C13H15NO2/c1-7(2)11-8(3)9-5-4-6-10(13(15)16)12(9)14-11/h4-7,14H,1-3H3,(H,15,16). The molecule has 0 saturated carbocycles. The van der Waals surface area contributed by atoms with Crippen molar-refractivity contribution in [2.24, 2.45) is 0 Å². The van der Waals surface area contributed by atoms with E-state index in [1.54, 1.807) is 12.1 Å². The van der Waals surface area contributed by atoms with Crippen LogP contribution in [0.25, 0.3) is 10.9 Å². The Morgan fingerprint density at radius 1 is 1.38 bits per heavy atom. The first kappa shape index (κ1) is 10.7. The molecule has 84 valence electrons. The fraction of sp³-hybridized carbons (Fsp3) is 0.308. The van der Waals surface area contributed by atoms with Crippen molar-refractivity contribution in [3.63, 3.8) is 0 Å². The van der Waals surface area contributed by atoms with Gasteiger partial charge in [-0.3, -0.25) is 0 Å². The minimum absolute atomic E-state index is 0.340. The average molecular weight is 217 g/mol. The third-order valence-corrected chi connectivity index (χ3v) is 2.94. The Kier molecular flexibility index (Phi) is 2.46. The second kappa shape index (κ2) is 3.67. The molecule has 0 unspecified atom stereocenters. The molecule has 3 nitrogen and oxygen atoms in total. The van der Waals surface area contributed by atoms with Gasteiger partial charge in [-0.2, -0.15) is 0 Å². The summed E-state index contributed by atoms with van der Waals surface area (Å²) in [6, 6.07) is 5.38. The van der Waals surface area contributed by atoms with Gasteiger partial charge in [0, 0.05) is 11.1 Å². The number of carboxylic acids is 1. The van der Waals surface area contributed by atoms with Crippen molar-refractivity contribution < 1.29 is 9.90 Å². The van der Waals surface area contributed by atoms with Crippen molar-refractivity contribution in [2.75, 3.05) is 0 Å². The lowest BCUT2D eigenvalue weighted by atomic mass is 10.0. The number of carboxylic acid groups (broad SMARTS) is 1. The number of benzene rings is 1. The number of aromatic amines is 1. The number of para-hydroxylation sites is 1. The number of rotatable bonds is 2. The maximum Gasteiger partial charge on any atom is 0.337 e. The zero-order chi connectivity index (χ0) is 11.9. The van der Waals surface area contributed by atoms with Crippen LogP contribution in [0.15, 0.2) is 18.2 Å². The van der Waals surface area contributed by atoms with Crippen molar-refractivity contribution in [2.45, 2.75) is 26.7 Å². The minimum atomic E-state index is -0.887. The Balaban J connectivity index is 2.80. The number of carbonyl (C=O) groups is 1. The number of hydrogen-bond acceptors (Lipinski definition) is 1. The van der Waals surface area contributed by atoms with Crippen molar-refractivity contribution in [3.05, 3.63) is 35.0 Å². The van der Waals surface area contributed by atoms with E-state index in [-0.39, 0.29) is 0 Å². The SMILES string of the molecule is Cc1c(C(C)C)[nH]c2c(C(=O)O)cccc12. The zero-order valence-electron chi connectivity index (χ0n) is 9.66. The van der Waals surface area contributed by atoms with Gasteiger partial charge in [0.2, 0.25) is 0 Å². The average Bonchev–Trinajstić information content (AvgIpc) is 2.56. The number of fused-ring (bicyclic) bond motifs is 1. The third-order valence-electron chi connectivity index (χ3n) is 2.94. The van der Waals surface area contributed by atoms with E-state index < -0.39 is 5.97 Å². The summed E-state index contributed by atoms with van der Waals surface area (Å²) >= 11 is 0. The molecular formula is C13H15NO2. The van der Waals surface area contributed by atoms with E-state index in [0.29, 0.717) is 11.5 Å². The molecule has 0 amide bonds. The Morgan fingerprint density at radius 2 is 2.06 bits per heavy atom. The molecule has 2 N–H and O–H groups in total. The number of aromatic nitrogens is 1. The van der Waals surface area contributed by atoms with Gasteiger partial charge in [0.25, 0.3) is 0 Å². The first-order valence-corrected chi connectivity index (χ1v) is 5.37. The van der Waals surface area contributed by atoms with E-state index in [1.807, 2.05) is 13.0 Å². The molecule has 0 fully saturated rings. The third kappa shape index (κ3) is 1.48. The van der Waals surface area contributed by atoms with Crippen LogP contribution in [-0.4, -0.2) is 16.1 Å². The lowest BCUT2D eigenvalue weighted by Gasteiger charge is -2.02. The fourth-order valence-electron chi connectivity index (χ4n) is 2.13. The van der Waals surface area contributed by atoms with Crippen LogP contribution >= 0.6 is 0 Å². The second-order valence-corrected chi connectivity index (χ2v) is 4.35. The molecule has 16 heavy (non-hydrogen) atoms. The van der Waals surface area contributed by atoms with Crippen LogP contribution in [0.3, 0.4) is 0 Å². The lowest BCUT2D eigenvalue weighted by molar-refractivity contribution is 0.0699. The van der Waals surface area contributed by atoms with Crippen LogP contribution in [0.5, 0.6) is 0 Å². The van der Waals surface area contributed by atoms with Crippen molar-refractivity contribution >= 4 is 16.9 Å². The predicted molar refractivity (Wildman–Crippen MR) is 64.1 cm³/mol. The van der Waals surface area contributed by atoms with E-state index in [0.717, 1.165) is 22.2 Å². The van der Waals surface area contributed by atoms with E-state index in [1.165, 1.54) is 0 Å². The maximum atomic E-state index is 11.1. The summed E-state index contributed by atoms with van der Waals surface area (Å²) in [5.41, 5.74) is 3.33. The van der Waals surface area contributed by atoms with Crippen LogP contribution in [-0.2, 0) is 0 Å². The van der Waals surface area contributed by atoms with Gasteiger partial charge in [0.1, 0.15) is 0 Å². The summed E-state index contributed by atoms with van der Waals surface area (Å²) in [6.07, 6.45) is 0. The van der Waals surface area contributed by atoms with Gasteiger partial charge >= 0.3 is 5.97 Å².